The molecule has 1 aliphatic rings. The minimum atomic E-state index is -0.0699. The first-order valence-electron chi connectivity index (χ1n) is 7.98. The van der Waals surface area contributed by atoms with Crippen molar-refractivity contribution >= 4 is 5.91 Å². The van der Waals surface area contributed by atoms with Crippen molar-refractivity contribution in [1.29, 1.82) is 0 Å². The molecule has 5 nitrogen and oxygen atoms in total. The second-order valence-corrected chi connectivity index (χ2v) is 5.75. The van der Waals surface area contributed by atoms with E-state index in [2.05, 4.69) is 0 Å². The number of benzene rings is 2. The molecule has 0 aliphatic carbocycles. The van der Waals surface area contributed by atoms with Gasteiger partial charge in [-0.3, -0.25) is 4.79 Å². The molecule has 3 rings (SSSR count). The maximum Gasteiger partial charge on any atom is 0.253 e. The molecular weight excluding hydrogens is 306 g/mol. The average Bonchev–Trinajstić information content (AvgIpc) is 2.62. The van der Waals surface area contributed by atoms with Crippen molar-refractivity contribution in [3.05, 3.63) is 53.6 Å². The summed E-state index contributed by atoms with van der Waals surface area (Å²) in [5.74, 6) is 2.04. The third-order valence-electron chi connectivity index (χ3n) is 3.85. The van der Waals surface area contributed by atoms with E-state index in [0.717, 1.165) is 5.75 Å². The quantitative estimate of drug-likeness (QED) is 0.847. The number of nitrogens with zero attached hydrogens (tertiary/aromatic N) is 1. The SMILES string of the molecule is Cc1ccc(OCCN(C)C(=O)c2ccc3c(c2)OCCO3)cc1. The van der Waals surface area contributed by atoms with Gasteiger partial charge >= 0.3 is 0 Å². The first kappa shape index (κ1) is 16.2. The number of hydrogen-bond donors (Lipinski definition) is 0. The van der Waals surface area contributed by atoms with Crippen LogP contribution in [0.2, 0.25) is 0 Å². The van der Waals surface area contributed by atoms with Crippen LogP contribution in [0.25, 0.3) is 0 Å². The molecule has 0 spiro atoms. The lowest BCUT2D eigenvalue weighted by Gasteiger charge is -2.21. The van der Waals surface area contributed by atoms with Gasteiger partial charge in [-0.05, 0) is 37.3 Å². The van der Waals surface area contributed by atoms with Crippen LogP contribution >= 0.6 is 0 Å². The van der Waals surface area contributed by atoms with E-state index >= 15 is 0 Å². The van der Waals surface area contributed by atoms with Crippen LogP contribution in [-0.2, 0) is 0 Å². The molecule has 0 saturated heterocycles. The Morgan fingerprint density at radius 2 is 1.79 bits per heavy atom. The highest BCUT2D eigenvalue weighted by Gasteiger charge is 2.17. The molecule has 0 atom stereocenters. The normalized spacial score (nSPS) is 12.6. The van der Waals surface area contributed by atoms with E-state index in [0.29, 0.717) is 43.4 Å². The Kier molecular flexibility index (Phi) is 4.89. The van der Waals surface area contributed by atoms with E-state index in [9.17, 15) is 4.79 Å². The number of fused-ring (bicyclic) bond motifs is 1. The molecule has 0 N–H and O–H groups in total. The summed E-state index contributed by atoms with van der Waals surface area (Å²) in [6.45, 7) is 4.02. The molecule has 1 aliphatic heterocycles. The van der Waals surface area contributed by atoms with Gasteiger partial charge in [0.05, 0.1) is 6.54 Å². The Balaban J connectivity index is 1.55. The molecule has 0 radical (unpaired) electrons. The van der Waals surface area contributed by atoms with Crippen molar-refractivity contribution < 1.29 is 19.0 Å². The van der Waals surface area contributed by atoms with Gasteiger partial charge in [0.2, 0.25) is 0 Å². The van der Waals surface area contributed by atoms with Gasteiger partial charge in [-0.2, -0.15) is 0 Å². The lowest BCUT2D eigenvalue weighted by atomic mass is 10.1. The molecule has 5 heteroatoms. The topological polar surface area (TPSA) is 48.0 Å². The second-order valence-electron chi connectivity index (χ2n) is 5.75. The number of aryl methyl sites for hydroxylation is 1. The summed E-state index contributed by atoms with van der Waals surface area (Å²) < 4.78 is 16.7. The summed E-state index contributed by atoms with van der Waals surface area (Å²) in [5.41, 5.74) is 1.77. The summed E-state index contributed by atoms with van der Waals surface area (Å²) in [4.78, 5) is 14.1. The number of carbonyl (C=O) groups excluding carboxylic acids is 1. The lowest BCUT2D eigenvalue weighted by molar-refractivity contribution is 0.0772. The van der Waals surface area contributed by atoms with E-state index in [1.807, 2.05) is 31.2 Å². The molecular formula is C19H21NO4. The molecule has 1 amide bonds. The summed E-state index contributed by atoms with van der Waals surface area (Å²) in [6.07, 6.45) is 0. The average molecular weight is 327 g/mol. The zero-order chi connectivity index (χ0) is 16.9. The Morgan fingerprint density at radius 1 is 1.08 bits per heavy atom. The fourth-order valence-electron chi connectivity index (χ4n) is 2.43. The van der Waals surface area contributed by atoms with Crippen LogP contribution in [0.1, 0.15) is 15.9 Å². The van der Waals surface area contributed by atoms with Crippen LogP contribution in [0.15, 0.2) is 42.5 Å². The van der Waals surface area contributed by atoms with Crippen molar-refractivity contribution in [2.24, 2.45) is 0 Å². The van der Waals surface area contributed by atoms with Crippen molar-refractivity contribution in [2.75, 3.05) is 33.4 Å². The van der Waals surface area contributed by atoms with Crippen LogP contribution in [0.5, 0.6) is 17.2 Å². The Morgan fingerprint density at radius 3 is 2.54 bits per heavy atom. The predicted octanol–water partition coefficient (Wildman–Crippen LogP) is 2.92. The number of rotatable bonds is 5. The van der Waals surface area contributed by atoms with Crippen LogP contribution in [0.3, 0.4) is 0 Å². The second kappa shape index (κ2) is 7.25. The first-order valence-corrected chi connectivity index (χ1v) is 7.98. The van der Waals surface area contributed by atoms with E-state index < -0.39 is 0 Å². The summed E-state index contributed by atoms with van der Waals surface area (Å²) in [5, 5.41) is 0. The van der Waals surface area contributed by atoms with E-state index in [1.54, 1.807) is 30.1 Å². The highest BCUT2D eigenvalue weighted by atomic mass is 16.6. The molecule has 0 bridgehead atoms. The van der Waals surface area contributed by atoms with Crippen LogP contribution in [0, 0.1) is 6.92 Å². The molecule has 0 fully saturated rings. The largest absolute Gasteiger partial charge is 0.492 e. The molecule has 0 unspecified atom stereocenters. The van der Waals surface area contributed by atoms with E-state index in [4.69, 9.17) is 14.2 Å². The van der Waals surface area contributed by atoms with Gasteiger partial charge in [0.25, 0.3) is 5.91 Å². The van der Waals surface area contributed by atoms with Crippen LogP contribution in [0.4, 0.5) is 0 Å². The Bertz CT molecular complexity index is 712. The standard InChI is InChI=1S/C19H21NO4/c1-14-3-6-16(7-4-14)22-10-9-20(2)19(21)15-5-8-17-18(13-15)24-12-11-23-17/h3-8,13H,9-12H2,1-2H3. The van der Waals surface area contributed by atoms with Gasteiger partial charge in [-0.15, -0.1) is 0 Å². The van der Waals surface area contributed by atoms with Gasteiger partial charge < -0.3 is 19.1 Å². The highest BCUT2D eigenvalue weighted by molar-refractivity contribution is 5.94. The molecule has 2 aromatic rings. The number of ether oxygens (including phenoxy) is 3. The fraction of sp³-hybridized carbons (Fsp3) is 0.316. The number of hydrogen-bond acceptors (Lipinski definition) is 4. The fourth-order valence-corrected chi connectivity index (χ4v) is 2.43. The molecule has 1 heterocycles. The molecule has 24 heavy (non-hydrogen) atoms. The monoisotopic (exact) mass is 327 g/mol. The maximum absolute atomic E-state index is 12.5. The maximum atomic E-state index is 12.5. The van der Waals surface area contributed by atoms with Gasteiger partial charge in [0.1, 0.15) is 25.6 Å². The van der Waals surface area contributed by atoms with Gasteiger partial charge in [-0.25, -0.2) is 0 Å². The smallest absolute Gasteiger partial charge is 0.253 e. The lowest BCUT2D eigenvalue weighted by Crippen LogP contribution is -2.31. The molecule has 0 saturated carbocycles. The van der Waals surface area contributed by atoms with E-state index in [-0.39, 0.29) is 5.91 Å². The van der Waals surface area contributed by atoms with Gasteiger partial charge in [0.15, 0.2) is 11.5 Å². The van der Waals surface area contributed by atoms with Crippen molar-refractivity contribution in [1.82, 2.24) is 4.90 Å². The first-order chi connectivity index (χ1) is 11.6. The van der Waals surface area contributed by atoms with Gasteiger partial charge in [-0.1, -0.05) is 17.7 Å². The molecule has 0 aromatic heterocycles. The van der Waals surface area contributed by atoms with Gasteiger partial charge in [0, 0.05) is 12.6 Å². The number of likely N-dealkylation sites (N-methyl/N-ethyl adjacent to an activating group) is 1. The number of carbonyl (C=O) groups is 1. The third-order valence-corrected chi connectivity index (χ3v) is 3.85. The van der Waals surface area contributed by atoms with Crippen molar-refractivity contribution in [3.8, 4) is 17.2 Å². The van der Waals surface area contributed by atoms with Crippen molar-refractivity contribution in [2.45, 2.75) is 6.92 Å². The molecule has 2 aromatic carbocycles. The summed E-state index contributed by atoms with van der Waals surface area (Å²) in [7, 11) is 1.76. The van der Waals surface area contributed by atoms with Crippen molar-refractivity contribution in [3.63, 3.8) is 0 Å². The zero-order valence-electron chi connectivity index (χ0n) is 14.0. The Labute approximate surface area is 141 Å². The third kappa shape index (κ3) is 3.79. The van der Waals surface area contributed by atoms with E-state index in [1.165, 1.54) is 5.56 Å². The Hall–Kier alpha value is -2.69. The number of amides is 1. The molecule has 126 valence electrons. The zero-order valence-corrected chi connectivity index (χ0v) is 14.0. The van der Waals surface area contributed by atoms with Crippen LogP contribution in [-0.4, -0.2) is 44.2 Å². The minimum Gasteiger partial charge on any atom is -0.492 e. The highest BCUT2D eigenvalue weighted by Crippen LogP contribution is 2.31. The van der Waals surface area contributed by atoms with Crippen LogP contribution < -0.4 is 14.2 Å². The summed E-state index contributed by atoms with van der Waals surface area (Å²) in [6, 6.07) is 13.1. The minimum absolute atomic E-state index is 0.0699. The summed E-state index contributed by atoms with van der Waals surface area (Å²) >= 11 is 0. The predicted molar refractivity (Wildman–Crippen MR) is 91.1 cm³/mol.